The molecule has 3 nitrogen and oxygen atoms in total. The minimum Gasteiger partial charge on any atom is -0.494 e. The van der Waals surface area contributed by atoms with Gasteiger partial charge in [0.15, 0.2) is 0 Å². The molecule has 1 aromatic rings. The van der Waals surface area contributed by atoms with Gasteiger partial charge in [-0.3, -0.25) is 0 Å². The Balaban J connectivity index is 2.04. The fourth-order valence-electron chi connectivity index (χ4n) is 2.19. The fraction of sp³-hybridized carbons (Fsp3) is 0.667. The lowest BCUT2D eigenvalue weighted by atomic mass is 10.1. The van der Waals surface area contributed by atoms with Gasteiger partial charge in [-0.2, -0.15) is 0 Å². The molecule has 0 atom stereocenters. The summed E-state index contributed by atoms with van der Waals surface area (Å²) in [4.78, 5) is 0. The van der Waals surface area contributed by atoms with Crippen LogP contribution in [-0.2, 0) is 0 Å². The van der Waals surface area contributed by atoms with Crippen molar-refractivity contribution in [1.82, 2.24) is 5.32 Å². The largest absolute Gasteiger partial charge is 0.494 e. The van der Waals surface area contributed by atoms with E-state index < -0.39 is 0 Å². The maximum atomic E-state index is 5.63. The van der Waals surface area contributed by atoms with Crippen LogP contribution in [0.5, 0.6) is 5.75 Å². The van der Waals surface area contributed by atoms with Crippen molar-refractivity contribution in [3.05, 3.63) is 24.3 Å². The van der Waals surface area contributed by atoms with Crippen LogP contribution in [0.25, 0.3) is 0 Å². The summed E-state index contributed by atoms with van der Waals surface area (Å²) in [5.41, 5.74) is 1.13. The zero-order valence-electron chi connectivity index (χ0n) is 13.8. The first-order valence-corrected chi connectivity index (χ1v) is 8.54. The first-order valence-electron chi connectivity index (χ1n) is 8.54. The van der Waals surface area contributed by atoms with Gasteiger partial charge in [0, 0.05) is 24.8 Å². The maximum Gasteiger partial charge on any atom is 0.121 e. The molecule has 0 spiro atoms. The number of hydrogen-bond donors (Lipinski definition) is 2. The zero-order chi connectivity index (χ0) is 15.2. The van der Waals surface area contributed by atoms with Crippen LogP contribution in [0.3, 0.4) is 0 Å². The first kappa shape index (κ1) is 17.8. The minimum atomic E-state index is 0.781. The van der Waals surface area contributed by atoms with Gasteiger partial charge >= 0.3 is 0 Å². The van der Waals surface area contributed by atoms with Crippen LogP contribution in [0.15, 0.2) is 24.3 Å². The molecule has 0 unspecified atom stereocenters. The van der Waals surface area contributed by atoms with E-state index in [-0.39, 0.29) is 0 Å². The molecule has 1 aromatic carbocycles. The van der Waals surface area contributed by atoms with Gasteiger partial charge in [-0.05, 0) is 31.5 Å². The summed E-state index contributed by atoms with van der Waals surface area (Å²) in [6.45, 7) is 8.25. The molecule has 3 heteroatoms. The highest BCUT2D eigenvalue weighted by Crippen LogP contribution is 2.17. The van der Waals surface area contributed by atoms with E-state index >= 15 is 0 Å². The molecule has 0 aromatic heterocycles. The fourth-order valence-corrected chi connectivity index (χ4v) is 2.19. The summed E-state index contributed by atoms with van der Waals surface area (Å²) in [6.07, 6.45) is 7.75. The first-order chi connectivity index (χ1) is 10.4. The quantitative estimate of drug-likeness (QED) is 0.527. The molecular formula is C18H32N2O. The second-order valence-corrected chi connectivity index (χ2v) is 5.47. The molecule has 120 valence electrons. The topological polar surface area (TPSA) is 33.3 Å². The van der Waals surface area contributed by atoms with E-state index in [1.165, 1.54) is 32.1 Å². The van der Waals surface area contributed by atoms with Crippen LogP contribution >= 0.6 is 0 Å². The number of hydrogen-bond acceptors (Lipinski definition) is 3. The molecule has 21 heavy (non-hydrogen) atoms. The van der Waals surface area contributed by atoms with Gasteiger partial charge in [0.05, 0.1) is 6.61 Å². The van der Waals surface area contributed by atoms with Crippen molar-refractivity contribution in [2.24, 2.45) is 0 Å². The molecular weight excluding hydrogens is 260 g/mol. The number of benzene rings is 1. The van der Waals surface area contributed by atoms with Crippen molar-refractivity contribution in [1.29, 1.82) is 0 Å². The van der Waals surface area contributed by atoms with Crippen LogP contribution < -0.4 is 15.4 Å². The van der Waals surface area contributed by atoms with Crippen molar-refractivity contribution >= 4 is 5.69 Å². The summed E-state index contributed by atoms with van der Waals surface area (Å²) < 4.78 is 5.63. The number of rotatable bonds is 13. The number of ether oxygens (including phenoxy) is 1. The lowest BCUT2D eigenvalue weighted by molar-refractivity contribution is 0.317. The van der Waals surface area contributed by atoms with Crippen molar-refractivity contribution in [2.75, 3.05) is 31.6 Å². The van der Waals surface area contributed by atoms with E-state index in [2.05, 4.69) is 36.6 Å². The normalized spacial score (nSPS) is 10.6. The molecule has 0 aliphatic heterocycles. The minimum absolute atomic E-state index is 0.781. The molecule has 0 aliphatic carbocycles. The molecule has 0 aliphatic rings. The molecule has 0 amide bonds. The number of nitrogens with one attached hydrogen (secondary N) is 2. The van der Waals surface area contributed by atoms with Gasteiger partial charge in [0.25, 0.3) is 0 Å². The average molecular weight is 292 g/mol. The van der Waals surface area contributed by atoms with Crippen LogP contribution in [0, 0.1) is 0 Å². The van der Waals surface area contributed by atoms with Crippen LogP contribution in [0.1, 0.15) is 52.4 Å². The molecule has 1 rings (SSSR count). The van der Waals surface area contributed by atoms with Crippen molar-refractivity contribution in [3.8, 4) is 5.75 Å². The Morgan fingerprint density at radius 2 is 1.76 bits per heavy atom. The lowest BCUT2D eigenvalue weighted by Gasteiger charge is -2.10. The third-order valence-electron chi connectivity index (χ3n) is 3.39. The number of anilines is 1. The van der Waals surface area contributed by atoms with Gasteiger partial charge in [-0.15, -0.1) is 0 Å². The molecule has 0 saturated carbocycles. The second kappa shape index (κ2) is 12.5. The Bertz CT molecular complexity index is 355. The number of unbranched alkanes of at least 4 members (excludes halogenated alkanes) is 4. The van der Waals surface area contributed by atoms with Gasteiger partial charge < -0.3 is 15.4 Å². The molecule has 0 radical (unpaired) electrons. The Morgan fingerprint density at radius 1 is 0.905 bits per heavy atom. The van der Waals surface area contributed by atoms with Gasteiger partial charge in [-0.25, -0.2) is 0 Å². The molecule has 0 fully saturated rings. The van der Waals surface area contributed by atoms with E-state index in [1.54, 1.807) is 0 Å². The van der Waals surface area contributed by atoms with E-state index in [9.17, 15) is 0 Å². The third kappa shape index (κ3) is 9.35. The average Bonchev–Trinajstić information content (AvgIpc) is 2.52. The van der Waals surface area contributed by atoms with E-state index in [4.69, 9.17) is 4.74 Å². The SMILES string of the molecule is CCCCCCCNCCNc1cccc(OCCC)c1. The highest BCUT2D eigenvalue weighted by atomic mass is 16.5. The van der Waals surface area contributed by atoms with Crippen LogP contribution in [0.4, 0.5) is 5.69 Å². The van der Waals surface area contributed by atoms with Gasteiger partial charge in [0.1, 0.15) is 5.75 Å². The summed E-state index contributed by atoms with van der Waals surface area (Å²) in [5.74, 6) is 0.950. The second-order valence-electron chi connectivity index (χ2n) is 5.47. The van der Waals surface area contributed by atoms with Crippen molar-refractivity contribution < 1.29 is 4.74 Å². The standard InChI is InChI=1S/C18H32N2O/c1-3-5-6-7-8-12-19-13-14-20-17-10-9-11-18(16-17)21-15-4-2/h9-11,16,19-20H,3-8,12-15H2,1-2H3. The lowest BCUT2D eigenvalue weighted by Crippen LogP contribution is -2.23. The summed E-state index contributed by atoms with van der Waals surface area (Å²) in [6, 6.07) is 8.20. The molecule has 0 saturated heterocycles. The highest BCUT2D eigenvalue weighted by Gasteiger charge is 1.96. The highest BCUT2D eigenvalue weighted by molar-refractivity contribution is 5.48. The van der Waals surface area contributed by atoms with Crippen LogP contribution in [0.2, 0.25) is 0 Å². The Hall–Kier alpha value is -1.22. The smallest absolute Gasteiger partial charge is 0.121 e. The van der Waals surface area contributed by atoms with Crippen molar-refractivity contribution in [3.63, 3.8) is 0 Å². The van der Waals surface area contributed by atoms with Gasteiger partial charge in [0.2, 0.25) is 0 Å². The summed E-state index contributed by atoms with van der Waals surface area (Å²) in [5, 5.41) is 6.92. The Labute approximate surface area is 130 Å². The molecule has 2 N–H and O–H groups in total. The van der Waals surface area contributed by atoms with E-state index in [1.807, 2.05) is 12.1 Å². The van der Waals surface area contributed by atoms with Gasteiger partial charge in [-0.1, -0.05) is 45.6 Å². The Kier molecular flexibility index (Phi) is 10.6. The molecule has 0 heterocycles. The summed E-state index contributed by atoms with van der Waals surface area (Å²) in [7, 11) is 0. The van der Waals surface area contributed by atoms with Crippen LogP contribution in [-0.4, -0.2) is 26.2 Å². The monoisotopic (exact) mass is 292 g/mol. The van der Waals surface area contributed by atoms with Crippen molar-refractivity contribution in [2.45, 2.75) is 52.4 Å². The third-order valence-corrected chi connectivity index (χ3v) is 3.39. The van der Waals surface area contributed by atoms with E-state index in [0.717, 1.165) is 44.1 Å². The predicted octanol–water partition coefficient (Wildman–Crippen LogP) is 4.45. The molecule has 0 bridgehead atoms. The predicted molar refractivity (Wildman–Crippen MR) is 92.3 cm³/mol. The zero-order valence-corrected chi connectivity index (χ0v) is 13.8. The summed E-state index contributed by atoms with van der Waals surface area (Å²) >= 11 is 0. The maximum absolute atomic E-state index is 5.63. The Morgan fingerprint density at radius 3 is 2.57 bits per heavy atom. The van der Waals surface area contributed by atoms with E-state index in [0.29, 0.717) is 0 Å².